The third-order valence-electron chi connectivity index (χ3n) is 3.35. The minimum Gasteiger partial charge on any atom is -0.480 e. The van der Waals surface area contributed by atoms with Gasteiger partial charge in [-0.1, -0.05) is 18.2 Å². The van der Waals surface area contributed by atoms with Gasteiger partial charge in [-0.3, -0.25) is 4.79 Å². The van der Waals surface area contributed by atoms with Gasteiger partial charge in [-0.05, 0) is 31.4 Å². The SMILES string of the molecule is CC1Cc2ccccc2N1CCC(N)C(=O)O. The number of benzene rings is 1. The van der Waals surface area contributed by atoms with Crippen LogP contribution in [0.25, 0.3) is 0 Å². The van der Waals surface area contributed by atoms with Gasteiger partial charge < -0.3 is 15.7 Å². The van der Waals surface area contributed by atoms with Gasteiger partial charge in [0.25, 0.3) is 0 Å². The molecule has 17 heavy (non-hydrogen) atoms. The fraction of sp³-hybridized carbons (Fsp3) is 0.462. The molecule has 4 nitrogen and oxygen atoms in total. The van der Waals surface area contributed by atoms with E-state index in [0.29, 0.717) is 19.0 Å². The van der Waals surface area contributed by atoms with Crippen molar-refractivity contribution in [1.82, 2.24) is 0 Å². The minimum atomic E-state index is -0.926. The average Bonchev–Trinajstić information content (AvgIpc) is 2.61. The van der Waals surface area contributed by atoms with Crippen molar-refractivity contribution in [1.29, 1.82) is 0 Å². The van der Waals surface area contributed by atoms with E-state index in [9.17, 15) is 4.79 Å². The molecule has 0 aliphatic carbocycles. The molecule has 4 heteroatoms. The molecule has 3 N–H and O–H groups in total. The van der Waals surface area contributed by atoms with Crippen molar-refractivity contribution in [2.24, 2.45) is 5.73 Å². The smallest absolute Gasteiger partial charge is 0.320 e. The number of rotatable bonds is 4. The number of para-hydroxylation sites is 1. The Hall–Kier alpha value is -1.55. The zero-order valence-electron chi connectivity index (χ0n) is 9.97. The fourth-order valence-corrected chi connectivity index (χ4v) is 2.37. The second-order valence-corrected chi connectivity index (χ2v) is 4.61. The summed E-state index contributed by atoms with van der Waals surface area (Å²) < 4.78 is 0. The normalized spacial score (nSPS) is 20.1. The quantitative estimate of drug-likeness (QED) is 0.822. The maximum absolute atomic E-state index is 10.7. The summed E-state index contributed by atoms with van der Waals surface area (Å²) in [5, 5.41) is 8.77. The predicted octanol–water partition coefficient (Wildman–Crippen LogP) is 1.24. The van der Waals surface area contributed by atoms with Gasteiger partial charge in [0.05, 0.1) is 0 Å². The van der Waals surface area contributed by atoms with E-state index in [0.717, 1.165) is 6.42 Å². The molecule has 1 aliphatic heterocycles. The third kappa shape index (κ3) is 2.42. The van der Waals surface area contributed by atoms with E-state index in [1.807, 2.05) is 12.1 Å². The summed E-state index contributed by atoms with van der Waals surface area (Å²) in [6.07, 6.45) is 1.51. The lowest BCUT2D eigenvalue weighted by Gasteiger charge is -2.25. The Labute approximate surface area is 101 Å². The Morgan fingerprint density at radius 1 is 1.59 bits per heavy atom. The van der Waals surface area contributed by atoms with E-state index in [-0.39, 0.29) is 0 Å². The molecule has 2 rings (SSSR count). The third-order valence-corrected chi connectivity index (χ3v) is 3.35. The summed E-state index contributed by atoms with van der Waals surface area (Å²) >= 11 is 0. The summed E-state index contributed by atoms with van der Waals surface area (Å²) in [6.45, 7) is 2.86. The van der Waals surface area contributed by atoms with Crippen LogP contribution in [0, 0.1) is 0 Å². The first-order valence-corrected chi connectivity index (χ1v) is 5.92. The lowest BCUT2D eigenvalue weighted by Crippen LogP contribution is -2.37. The highest BCUT2D eigenvalue weighted by atomic mass is 16.4. The van der Waals surface area contributed by atoms with Crippen LogP contribution >= 0.6 is 0 Å². The van der Waals surface area contributed by atoms with Gasteiger partial charge in [0.1, 0.15) is 6.04 Å². The van der Waals surface area contributed by atoms with Crippen LogP contribution in [0.4, 0.5) is 5.69 Å². The molecule has 2 unspecified atom stereocenters. The van der Waals surface area contributed by atoms with Gasteiger partial charge in [-0.25, -0.2) is 0 Å². The van der Waals surface area contributed by atoms with Crippen LogP contribution in [0.15, 0.2) is 24.3 Å². The molecule has 1 aromatic carbocycles. The van der Waals surface area contributed by atoms with Crippen LogP contribution in [0.5, 0.6) is 0 Å². The molecule has 0 aromatic heterocycles. The lowest BCUT2D eigenvalue weighted by atomic mass is 10.1. The highest BCUT2D eigenvalue weighted by Gasteiger charge is 2.26. The molecule has 1 aromatic rings. The van der Waals surface area contributed by atoms with Crippen molar-refractivity contribution in [3.05, 3.63) is 29.8 Å². The first-order chi connectivity index (χ1) is 8.09. The van der Waals surface area contributed by atoms with Gasteiger partial charge in [0.15, 0.2) is 0 Å². The van der Waals surface area contributed by atoms with E-state index in [2.05, 4.69) is 24.0 Å². The average molecular weight is 234 g/mol. The molecule has 92 valence electrons. The highest BCUT2D eigenvalue weighted by Crippen LogP contribution is 2.31. The topological polar surface area (TPSA) is 66.6 Å². The standard InChI is InChI=1S/C13H18N2O2/c1-9-8-10-4-2-3-5-12(10)15(9)7-6-11(14)13(16)17/h2-5,9,11H,6-8,14H2,1H3,(H,16,17). The van der Waals surface area contributed by atoms with Crippen LogP contribution in [0.2, 0.25) is 0 Å². The summed E-state index contributed by atoms with van der Waals surface area (Å²) in [5.41, 5.74) is 8.09. The van der Waals surface area contributed by atoms with Gasteiger partial charge in [-0.2, -0.15) is 0 Å². The number of carbonyl (C=O) groups is 1. The number of fused-ring (bicyclic) bond motifs is 1. The Bertz CT molecular complexity index is 420. The zero-order valence-corrected chi connectivity index (χ0v) is 9.97. The molecule has 0 saturated carbocycles. The van der Waals surface area contributed by atoms with Gasteiger partial charge in [0, 0.05) is 18.3 Å². The van der Waals surface area contributed by atoms with Crippen molar-refractivity contribution in [2.75, 3.05) is 11.4 Å². The molecule has 1 heterocycles. The molecule has 0 bridgehead atoms. The number of carboxylic acid groups (broad SMARTS) is 1. The van der Waals surface area contributed by atoms with Crippen molar-refractivity contribution >= 4 is 11.7 Å². The van der Waals surface area contributed by atoms with E-state index < -0.39 is 12.0 Å². The number of nitrogens with zero attached hydrogens (tertiary/aromatic N) is 1. The monoisotopic (exact) mass is 234 g/mol. The highest BCUT2D eigenvalue weighted by molar-refractivity contribution is 5.73. The Morgan fingerprint density at radius 2 is 2.29 bits per heavy atom. The maximum Gasteiger partial charge on any atom is 0.320 e. The van der Waals surface area contributed by atoms with Gasteiger partial charge >= 0.3 is 5.97 Å². The number of aliphatic carboxylic acids is 1. The number of carboxylic acids is 1. The van der Waals surface area contributed by atoms with Gasteiger partial charge in [-0.15, -0.1) is 0 Å². The van der Waals surface area contributed by atoms with Crippen LogP contribution in [0.3, 0.4) is 0 Å². The zero-order chi connectivity index (χ0) is 12.4. The van der Waals surface area contributed by atoms with Crippen LogP contribution < -0.4 is 10.6 Å². The number of anilines is 1. The predicted molar refractivity (Wildman–Crippen MR) is 67.2 cm³/mol. The minimum absolute atomic E-state index is 0.424. The molecule has 0 fully saturated rings. The Morgan fingerprint density at radius 3 is 3.00 bits per heavy atom. The number of hydrogen-bond donors (Lipinski definition) is 2. The summed E-state index contributed by atoms with van der Waals surface area (Å²) in [4.78, 5) is 12.9. The van der Waals surface area contributed by atoms with E-state index >= 15 is 0 Å². The van der Waals surface area contributed by atoms with Crippen molar-refractivity contribution in [2.45, 2.75) is 31.8 Å². The fourth-order valence-electron chi connectivity index (χ4n) is 2.37. The van der Waals surface area contributed by atoms with Crippen LogP contribution in [0.1, 0.15) is 18.9 Å². The number of nitrogens with two attached hydrogens (primary N) is 1. The largest absolute Gasteiger partial charge is 0.480 e. The van der Waals surface area contributed by atoms with E-state index in [1.165, 1.54) is 11.3 Å². The number of hydrogen-bond acceptors (Lipinski definition) is 3. The van der Waals surface area contributed by atoms with Crippen molar-refractivity contribution in [3.63, 3.8) is 0 Å². The molecule has 2 atom stereocenters. The van der Waals surface area contributed by atoms with Crippen molar-refractivity contribution < 1.29 is 9.90 Å². The second-order valence-electron chi connectivity index (χ2n) is 4.61. The van der Waals surface area contributed by atoms with Crippen molar-refractivity contribution in [3.8, 4) is 0 Å². The van der Waals surface area contributed by atoms with Crippen LogP contribution in [-0.4, -0.2) is 29.7 Å². The molecular formula is C13H18N2O2. The Balaban J connectivity index is 2.04. The molecule has 0 radical (unpaired) electrons. The van der Waals surface area contributed by atoms with E-state index in [4.69, 9.17) is 10.8 Å². The molecule has 0 spiro atoms. The summed E-state index contributed by atoms with van der Waals surface area (Å²) in [5.74, 6) is -0.926. The Kier molecular flexibility index (Phi) is 3.33. The molecular weight excluding hydrogens is 216 g/mol. The first kappa shape index (κ1) is 11.9. The first-order valence-electron chi connectivity index (χ1n) is 5.92. The van der Waals surface area contributed by atoms with Gasteiger partial charge in [0.2, 0.25) is 0 Å². The molecule has 0 amide bonds. The summed E-state index contributed by atoms with van der Waals surface area (Å²) in [7, 11) is 0. The second kappa shape index (κ2) is 4.75. The molecule has 0 saturated heterocycles. The molecule has 1 aliphatic rings. The summed E-state index contributed by atoms with van der Waals surface area (Å²) in [6, 6.07) is 7.93. The maximum atomic E-state index is 10.7. The van der Waals surface area contributed by atoms with E-state index in [1.54, 1.807) is 0 Å². The van der Waals surface area contributed by atoms with Crippen LogP contribution in [-0.2, 0) is 11.2 Å². The lowest BCUT2D eigenvalue weighted by molar-refractivity contribution is -0.138.